The van der Waals surface area contributed by atoms with Gasteiger partial charge >= 0.3 is 0 Å². The van der Waals surface area contributed by atoms with Crippen LogP contribution in [0.1, 0.15) is 19.8 Å². The van der Waals surface area contributed by atoms with E-state index in [1.807, 2.05) is 12.3 Å². The van der Waals surface area contributed by atoms with Crippen molar-refractivity contribution in [3.8, 4) is 0 Å². The van der Waals surface area contributed by atoms with Crippen LogP contribution in [0.3, 0.4) is 0 Å². The van der Waals surface area contributed by atoms with Crippen molar-refractivity contribution in [1.82, 2.24) is 14.9 Å². The molecule has 1 saturated heterocycles. The largest absolute Gasteiger partial charge is 0.310 e. The highest BCUT2D eigenvalue weighted by atomic mass is 35.5. The van der Waals surface area contributed by atoms with E-state index in [2.05, 4.69) is 25.5 Å². The predicted octanol–water partition coefficient (Wildman–Crippen LogP) is 2.87. The number of pyridine rings is 1. The predicted molar refractivity (Wildman–Crippen MR) is 102 cm³/mol. The van der Waals surface area contributed by atoms with Crippen molar-refractivity contribution < 1.29 is 9.59 Å². The maximum absolute atomic E-state index is 12.4. The Labute approximate surface area is 160 Å². The third-order valence-corrected chi connectivity index (χ3v) is 5.38. The zero-order valence-electron chi connectivity index (χ0n) is 14.3. The number of aromatic nitrogens is 2. The van der Waals surface area contributed by atoms with Crippen LogP contribution >= 0.6 is 22.9 Å². The van der Waals surface area contributed by atoms with Gasteiger partial charge in [-0.15, -0.1) is 11.3 Å². The average molecular weight is 394 g/mol. The molecule has 2 aromatic heterocycles. The van der Waals surface area contributed by atoms with Crippen LogP contribution in [0.4, 0.5) is 10.9 Å². The quantitative estimate of drug-likeness (QED) is 0.815. The number of anilines is 2. The van der Waals surface area contributed by atoms with Crippen molar-refractivity contribution in [2.24, 2.45) is 5.92 Å². The van der Waals surface area contributed by atoms with Gasteiger partial charge in [0.05, 0.1) is 11.1 Å². The number of nitrogens with zero attached hydrogens (tertiary/aromatic N) is 3. The van der Waals surface area contributed by atoms with E-state index < -0.39 is 0 Å². The monoisotopic (exact) mass is 393 g/mol. The lowest BCUT2D eigenvalue weighted by Gasteiger charge is -2.34. The fraction of sp³-hybridized carbons (Fsp3) is 0.412. The van der Waals surface area contributed by atoms with Gasteiger partial charge in [0.2, 0.25) is 11.8 Å². The standard InChI is InChI=1S/C17H20ClN5O2S/c1-11(15(24)22-17-19-6-9-26-17)23-7-4-12(5-8-23)16(25)21-14-3-2-13(18)10-20-14/h2-3,6,9-12H,4-5,7-8H2,1H3,(H,19,22,24)(H,20,21,25). The Bertz CT molecular complexity index is 745. The summed E-state index contributed by atoms with van der Waals surface area (Å²) in [6, 6.07) is 3.11. The molecule has 3 rings (SSSR count). The third-order valence-electron chi connectivity index (χ3n) is 4.47. The Morgan fingerprint density at radius 3 is 2.65 bits per heavy atom. The minimum absolute atomic E-state index is 0.0423. The Morgan fingerprint density at radius 1 is 1.27 bits per heavy atom. The number of hydrogen-bond acceptors (Lipinski definition) is 6. The van der Waals surface area contributed by atoms with E-state index in [0.717, 1.165) is 0 Å². The lowest BCUT2D eigenvalue weighted by molar-refractivity contribution is -0.123. The summed E-state index contributed by atoms with van der Waals surface area (Å²) in [6.45, 7) is 3.26. The Hall–Kier alpha value is -2.03. The number of rotatable bonds is 5. The fourth-order valence-corrected chi connectivity index (χ4v) is 3.53. The first-order chi connectivity index (χ1) is 12.5. The summed E-state index contributed by atoms with van der Waals surface area (Å²) in [5.41, 5.74) is 0. The molecule has 3 heterocycles. The van der Waals surface area contributed by atoms with Crippen LogP contribution in [-0.2, 0) is 9.59 Å². The molecule has 0 aliphatic carbocycles. The van der Waals surface area contributed by atoms with Gasteiger partial charge in [0.25, 0.3) is 0 Å². The minimum Gasteiger partial charge on any atom is -0.310 e. The van der Waals surface area contributed by atoms with Gasteiger partial charge in [0.15, 0.2) is 5.13 Å². The highest BCUT2D eigenvalue weighted by Gasteiger charge is 2.30. The van der Waals surface area contributed by atoms with Gasteiger partial charge in [-0.2, -0.15) is 0 Å². The van der Waals surface area contributed by atoms with Gasteiger partial charge in [0.1, 0.15) is 5.82 Å². The summed E-state index contributed by atoms with van der Waals surface area (Å²) in [5, 5.41) is 8.59. The van der Waals surface area contributed by atoms with Crippen LogP contribution in [0.5, 0.6) is 0 Å². The van der Waals surface area contributed by atoms with E-state index in [0.29, 0.717) is 41.9 Å². The number of carbonyl (C=O) groups is 2. The number of halogens is 1. The summed E-state index contributed by atoms with van der Waals surface area (Å²) in [4.78, 5) is 34.9. The van der Waals surface area contributed by atoms with E-state index >= 15 is 0 Å². The van der Waals surface area contributed by atoms with Crippen molar-refractivity contribution >= 4 is 45.7 Å². The lowest BCUT2D eigenvalue weighted by Crippen LogP contribution is -2.47. The van der Waals surface area contributed by atoms with Gasteiger partial charge in [-0.25, -0.2) is 9.97 Å². The van der Waals surface area contributed by atoms with Crippen molar-refractivity contribution in [2.45, 2.75) is 25.8 Å². The lowest BCUT2D eigenvalue weighted by atomic mass is 9.95. The van der Waals surface area contributed by atoms with Crippen LogP contribution in [-0.4, -0.2) is 45.8 Å². The molecule has 1 aliphatic heterocycles. The molecule has 2 amide bonds. The molecule has 1 unspecified atom stereocenters. The Balaban J connectivity index is 1.47. The average Bonchev–Trinajstić information content (AvgIpc) is 3.16. The molecular formula is C17H20ClN5O2S. The maximum Gasteiger partial charge on any atom is 0.243 e. The molecule has 1 aliphatic rings. The van der Waals surface area contributed by atoms with Crippen LogP contribution in [0.15, 0.2) is 29.9 Å². The van der Waals surface area contributed by atoms with Crippen LogP contribution in [0.25, 0.3) is 0 Å². The smallest absolute Gasteiger partial charge is 0.243 e. The molecule has 1 fully saturated rings. The minimum atomic E-state index is -0.263. The molecule has 0 aromatic carbocycles. The molecular weight excluding hydrogens is 374 g/mol. The molecule has 7 nitrogen and oxygen atoms in total. The highest BCUT2D eigenvalue weighted by Crippen LogP contribution is 2.22. The topological polar surface area (TPSA) is 87.2 Å². The molecule has 0 radical (unpaired) electrons. The summed E-state index contributed by atoms with van der Waals surface area (Å²) in [7, 11) is 0. The van der Waals surface area contributed by atoms with Crippen LogP contribution in [0, 0.1) is 5.92 Å². The van der Waals surface area contributed by atoms with Crippen molar-refractivity contribution in [3.63, 3.8) is 0 Å². The number of hydrogen-bond donors (Lipinski definition) is 2. The Morgan fingerprint density at radius 2 is 2.04 bits per heavy atom. The number of likely N-dealkylation sites (tertiary alicyclic amines) is 1. The van der Waals surface area contributed by atoms with E-state index in [-0.39, 0.29) is 23.8 Å². The number of nitrogens with one attached hydrogen (secondary N) is 2. The first-order valence-electron chi connectivity index (χ1n) is 8.40. The van der Waals surface area contributed by atoms with Crippen molar-refractivity contribution in [3.05, 3.63) is 34.9 Å². The molecule has 9 heteroatoms. The zero-order chi connectivity index (χ0) is 18.5. The molecule has 2 aromatic rings. The zero-order valence-corrected chi connectivity index (χ0v) is 15.9. The molecule has 0 saturated carbocycles. The number of thiazole rings is 1. The second-order valence-electron chi connectivity index (χ2n) is 6.16. The normalized spacial score (nSPS) is 16.8. The SMILES string of the molecule is CC(C(=O)Nc1nccs1)N1CCC(C(=O)Nc2ccc(Cl)cn2)CC1. The summed E-state index contributed by atoms with van der Waals surface area (Å²) in [5.74, 6) is 0.295. The highest BCUT2D eigenvalue weighted by molar-refractivity contribution is 7.13. The molecule has 138 valence electrons. The van der Waals surface area contributed by atoms with E-state index in [4.69, 9.17) is 11.6 Å². The molecule has 1 atom stereocenters. The van der Waals surface area contributed by atoms with Crippen LogP contribution < -0.4 is 10.6 Å². The molecule has 2 N–H and O–H groups in total. The number of carbonyl (C=O) groups excluding carboxylic acids is 2. The van der Waals surface area contributed by atoms with Gasteiger partial charge in [-0.1, -0.05) is 11.6 Å². The molecule has 0 bridgehead atoms. The fourth-order valence-electron chi connectivity index (χ4n) is 2.89. The van der Waals surface area contributed by atoms with Crippen LogP contribution in [0.2, 0.25) is 5.02 Å². The van der Waals surface area contributed by atoms with Gasteiger partial charge in [-0.05, 0) is 45.0 Å². The second kappa shape index (κ2) is 8.57. The van der Waals surface area contributed by atoms with E-state index in [1.54, 1.807) is 18.3 Å². The maximum atomic E-state index is 12.4. The first-order valence-corrected chi connectivity index (χ1v) is 9.65. The second-order valence-corrected chi connectivity index (χ2v) is 7.49. The Kier molecular flexibility index (Phi) is 6.18. The van der Waals surface area contributed by atoms with Gasteiger partial charge < -0.3 is 10.6 Å². The van der Waals surface area contributed by atoms with E-state index in [9.17, 15) is 9.59 Å². The third kappa shape index (κ3) is 4.78. The van der Waals surface area contributed by atoms with Crippen molar-refractivity contribution in [2.75, 3.05) is 23.7 Å². The molecule has 26 heavy (non-hydrogen) atoms. The van der Waals surface area contributed by atoms with Gasteiger partial charge in [-0.3, -0.25) is 14.5 Å². The summed E-state index contributed by atoms with van der Waals surface area (Å²) in [6.07, 6.45) is 4.57. The van der Waals surface area contributed by atoms with E-state index in [1.165, 1.54) is 17.5 Å². The first kappa shape index (κ1) is 18.8. The van der Waals surface area contributed by atoms with Gasteiger partial charge in [0, 0.05) is 23.7 Å². The van der Waals surface area contributed by atoms with Crippen molar-refractivity contribution in [1.29, 1.82) is 0 Å². The summed E-state index contributed by atoms with van der Waals surface area (Å²) >= 11 is 7.19. The molecule has 0 spiro atoms. The number of amides is 2. The summed E-state index contributed by atoms with van der Waals surface area (Å²) < 4.78 is 0. The number of piperidine rings is 1.